The summed E-state index contributed by atoms with van der Waals surface area (Å²) in [6.07, 6.45) is 2.20. The van der Waals surface area contributed by atoms with Crippen molar-refractivity contribution in [3.8, 4) is 0 Å². The Hall–Kier alpha value is -1.96. The van der Waals surface area contributed by atoms with Crippen molar-refractivity contribution in [2.45, 2.75) is 18.3 Å². The summed E-state index contributed by atoms with van der Waals surface area (Å²) in [5, 5.41) is 5.23. The van der Waals surface area contributed by atoms with Gasteiger partial charge in [-0.25, -0.2) is 9.97 Å². The molecule has 2 aliphatic rings. The number of halogens is 1. The summed E-state index contributed by atoms with van der Waals surface area (Å²) in [6, 6.07) is 8.12. The van der Waals surface area contributed by atoms with E-state index in [1.165, 1.54) is 5.56 Å². The minimum atomic E-state index is -0.00849. The van der Waals surface area contributed by atoms with Crippen molar-refractivity contribution in [3.05, 3.63) is 39.9 Å². The van der Waals surface area contributed by atoms with Crippen molar-refractivity contribution in [3.63, 3.8) is 0 Å². The molecular weight excluding hydrogens is 368 g/mol. The van der Waals surface area contributed by atoms with Crippen LogP contribution >= 0.6 is 22.9 Å². The summed E-state index contributed by atoms with van der Waals surface area (Å²) in [6.45, 7) is 3.69. The molecule has 1 saturated carbocycles. The van der Waals surface area contributed by atoms with Crippen LogP contribution < -0.4 is 16.0 Å². The Balaban J connectivity index is 1.61. The van der Waals surface area contributed by atoms with E-state index in [1.54, 1.807) is 11.3 Å². The van der Waals surface area contributed by atoms with Crippen LogP contribution in [0.1, 0.15) is 23.4 Å². The predicted octanol–water partition coefficient (Wildman–Crippen LogP) is 2.81. The lowest BCUT2D eigenvalue weighted by atomic mass is 9.97. The topological polar surface area (TPSA) is 80.0 Å². The van der Waals surface area contributed by atoms with E-state index < -0.39 is 0 Å². The van der Waals surface area contributed by atoms with Gasteiger partial charge in [0.2, 0.25) is 5.95 Å². The number of nitrogens with zero attached hydrogens (tertiary/aromatic N) is 4. The molecule has 2 fully saturated rings. The maximum absolute atomic E-state index is 6.06. The number of nitrogen functional groups attached to an aromatic ring is 1. The molecule has 3 heterocycles. The fraction of sp³-hybridized carbons (Fsp3) is 0.389. The largest absolute Gasteiger partial charge is 0.368 e. The van der Waals surface area contributed by atoms with E-state index in [1.807, 2.05) is 12.1 Å². The number of hydrogen-bond donors (Lipinski definition) is 2. The Morgan fingerprint density at radius 3 is 2.50 bits per heavy atom. The summed E-state index contributed by atoms with van der Waals surface area (Å²) in [5.41, 5.74) is 8.13. The zero-order chi connectivity index (χ0) is 17.7. The third-order valence-electron chi connectivity index (χ3n) is 5.23. The summed E-state index contributed by atoms with van der Waals surface area (Å²) >= 11 is 7.70. The van der Waals surface area contributed by atoms with Crippen molar-refractivity contribution in [1.29, 1.82) is 0 Å². The average Bonchev–Trinajstić information content (AvgIpc) is 3.36. The monoisotopic (exact) mass is 386 g/mol. The lowest BCUT2D eigenvalue weighted by Crippen LogP contribution is -2.44. The fourth-order valence-electron chi connectivity index (χ4n) is 3.65. The molecule has 1 aliphatic heterocycles. The molecule has 3 aromatic rings. The third kappa shape index (κ3) is 2.62. The van der Waals surface area contributed by atoms with Crippen molar-refractivity contribution in [2.75, 3.05) is 36.8 Å². The van der Waals surface area contributed by atoms with E-state index in [-0.39, 0.29) is 5.41 Å². The Kier molecular flexibility index (Phi) is 3.77. The number of aromatic nitrogens is 3. The molecule has 0 bridgehead atoms. The molecule has 2 aromatic heterocycles. The maximum Gasteiger partial charge on any atom is 0.223 e. The number of rotatable bonds is 3. The molecule has 0 amide bonds. The molecule has 1 aliphatic carbocycles. The van der Waals surface area contributed by atoms with E-state index in [0.29, 0.717) is 5.95 Å². The minimum Gasteiger partial charge on any atom is -0.368 e. The van der Waals surface area contributed by atoms with Crippen molar-refractivity contribution in [1.82, 2.24) is 20.3 Å². The Labute approximate surface area is 160 Å². The van der Waals surface area contributed by atoms with Crippen LogP contribution in [0.25, 0.3) is 10.3 Å². The van der Waals surface area contributed by atoms with Crippen LogP contribution in [0.4, 0.5) is 11.8 Å². The molecule has 0 unspecified atom stereocenters. The van der Waals surface area contributed by atoms with Gasteiger partial charge in [-0.2, -0.15) is 4.98 Å². The number of hydrogen-bond acceptors (Lipinski definition) is 7. The highest BCUT2D eigenvalue weighted by molar-refractivity contribution is 7.18. The van der Waals surface area contributed by atoms with Crippen molar-refractivity contribution < 1.29 is 0 Å². The first-order valence-electron chi connectivity index (χ1n) is 8.82. The van der Waals surface area contributed by atoms with E-state index in [9.17, 15) is 0 Å². The molecule has 0 atom stereocenters. The van der Waals surface area contributed by atoms with E-state index in [0.717, 1.165) is 65.2 Å². The molecular formula is C18H19ClN6S. The van der Waals surface area contributed by atoms with E-state index in [4.69, 9.17) is 22.3 Å². The molecule has 1 saturated heterocycles. The van der Waals surface area contributed by atoms with E-state index >= 15 is 0 Å². The van der Waals surface area contributed by atoms with Gasteiger partial charge >= 0.3 is 0 Å². The minimum absolute atomic E-state index is 0.00849. The lowest BCUT2D eigenvalue weighted by Gasteiger charge is -2.28. The standard InChI is InChI=1S/C18H19ClN6S/c19-12-3-1-11(2-4-12)18(5-6-18)16-22-13-14(25-9-7-21-8-10-25)23-17(20)24-15(13)26-16/h1-4,21H,5-10H2,(H2,20,23,24). The van der Waals surface area contributed by atoms with Gasteiger partial charge in [-0.05, 0) is 30.5 Å². The van der Waals surface area contributed by atoms with Gasteiger partial charge < -0.3 is 16.0 Å². The summed E-state index contributed by atoms with van der Waals surface area (Å²) < 4.78 is 0. The normalized spacial score (nSPS) is 19.0. The van der Waals surface area contributed by atoms with Crippen LogP contribution in [0.3, 0.4) is 0 Å². The first-order chi connectivity index (χ1) is 12.7. The Morgan fingerprint density at radius 1 is 1.08 bits per heavy atom. The number of nitrogens with one attached hydrogen (secondary N) is 1. The zero-order valence-electron chi connectivity index (χ0n) is 14.2. The number of anilines is 2. The van der Waals surface area contributed by atoms with Crippen LogP contribution in [0.15, 0.2) is 24.3 Å². The first-order valence-corrected chi connectivity index (χ1v) is 10.0. The van der Waals surface area contributed by atoms with Crippen LogP contribution in [0, 0.1) is 0 Å². The van der Waals surface area contributed by atoms with Gasteiger partial charge in [-0.3, -0.25) is 0 Å². The van der Waals surface area contributed by atoms with Crippen LogP contribution in [-0.4, -0.2) is 41.1 Å². The zero-order valence-corrected chi connectivity index (χ0v) is 15.8. The molecule has 134 valence electrons. The van der Waals surface area contributed by atoms with Crippen molar-refractivity contribution >= 4 is 45.1 Å². The molecule has 0 radical (unpaired) electrons. The van der Waals surface area contributed by atoms with Gasteiger partial charge in [0.15, 0.2) is 10.6 Å². The first kappa shape index (κ1) is 16.2. The highest BCUT2D eigenvalue weighted by Gasteiger charge is 2.48. The second-order valence-corrected chi connectivity index (χ2v) is 8.32. The van der Waals surface area contributed by atoms with E-state index in [2.05, 4.69) is 32.3 Å². The second-order valence-electron chi connectivity index (χ2n) is 6.90. The number of fused-ring (bicyclic) bond motifs is 1. The second kappa shape index (κ2) is 6.04. The number of piperazine rings is 1. The smallest absolute Gasteiger partial charge is 0.223 e. The molecule has 3 N–H and O–H groups in total. The number of benzene rings is 1. The summed E-state index contributed by atoms with van der Waals surface area (Å²) in [7, 11) is 0. The highest BCUT2D eigenvalue weighted by Crippen LogP contribution is 2.55. The molecule has 26 heavy (non-hydrogen) atoms. The summed E-state index contributed by atoms with van der Waals surface area (Å²) in [5.74, 6) is 1.18. The molecule has 1 aromatic carbocycles. The Bertz CT molecular complexity index is 960. The van der Waals surface area contributed by atoms with Gasteiger partial charge in [0.25, 0.3) is 0 Å². The molecule has 5 rings (SSSR count). The van der Waals surface area contributed by atoms with Crippen LogP contribution in [0.2, 0.25) is 5.02 Å². The Morgan fingerprint density at radius 2 is 1.81 bits per heavy atom. The SMILES string of the molecule is Nc1nc(N2CCNCC2)c2nc(C3(c4ccc(Cl)cc4)CC3)sc2n1. The highest BCUT2D eigenvalue weighted by atomic mass is 35.5. The summed E-state index contributed by atoms with van der Waals surface area (Å²) in [4.78, 5) is 17.1. The fourth-order valence-corrected chi connectivity index (χ4v) is 4.98. The van der Waals surface area contributed by atoms with Gasteiger partial charge in [-0.15, -0.1) is 0 Å². The molecule has 6 nitrogen and oxygen atoms in total. The molecule has 8 heteroatoms. The third-order valence-corrected chi connectivity index (χ3v) is 6.64. The number of nitrogens with two attached hydrogens (primary N) is 1. The van der Waals surface area contributed by atoms with Gasteiger partial charge in [0.05, 0.1) is 0 Å². The van der Waals surface area contributed by atoms with Crippen LogP contribution in [0.5, 0.6) is 0 Å². The van der Waals surface area contributed by atoms with Gasteiger partial charge in [0.1, 0.15) is 10.5 Å². The van der Waals surface area contributed by atoms with Gasteiger partial charge in [-0.1, -0.05) is 35.1 Å². The van der Waals surface area contributed by atoms with Crippen molar-refractivity contribution in [2.24, 2.45) is 0 Å². The average molecular weight is 387 g/mol. The quantitative estimate of drug-likeness (QED) is 0.720. The number of thiazole rings is 1. The predicted molar refractivity (Wildman–Crippen MR) is 106 cm³/mol. The maximum atomic E-state index is 6.06. The lowest BCUT2D eigenvalue weighted by molar-refractivity contribution is 0.586. The van der Waals surface area contributed by atoms with Gasteiger partial charge in [0, 0.05) is 36.6 Å². The van der Waals surface area contributed by atoms with Crippen LogP contribution in [-0.2, 0) is 5.41 Å². The molecule has 0 spiro atoms.